The van der Waals surface area contributed by atoms with Gasteiger partial charge in [0, 0.05) is 43.9 Å². The highest BCUT2D eigenvalue weighted by Gasteiger charge is 2.35. The van der Waals surface area contributed by atoms with Crippen molar-refractivity contribution in [3.05, 3.63) is 125 Å². The Balaban J connectivity index is 1.15. The highest BCUT2D eigenvalue weighted by Crippen LogP contribution is 2.19. The first-order valence-corrected chi connectivity index (χ1v) is 28.1. The summed E-state index contributed by atoms with van der Waals surface area (Å²) in [6.45, 7) is 10.1. The molecule has 1 saturated heterocycles. The third kappa shape index (κ3) is 21.4. The number of hydrazone groups is 1. The molecule has 0 saturated carbocycles. The van der Waals surface area contributed by atoms with E-state index in [-0.39, 0.29) is 78.0 Å². The molecular weight excluding hydrogens is 1080 g/mol. The lowest BCUT2D eigenvalue weighted by Gasteiger charge is -2.26. The number of carbonyl (C=O) groups is 9. The molecule has 0 spiro atoms. The van der Waals surface area contributed by atoms with Crippen LogP contribution >= 0.6 is 0 Å². The van der Waals surface area contributed by atoms with Crippen molar-refractivity contribution < 1.29 is 60.9 Å². The number of carbonyl (C=O) groups excluding carboxylic acids is 9. The fourth-order valence-corrected chi connectivity index (χ4v) is 9.09. The van der Waals surface area contributed by atoms with E-state index >= 15 is 0 Å². The number of nitrogens with one attached hydrogen (secondary N) is 9. The molecule has 1 aromatic heterocycles. The van der Waals surface area contributed by atoms with Crippen LogP contribution in [0.3, 0.4) is 0 Å². The maximum Gasteiger partial charge on any atom is 0.407 e. The molecule has 0 aliphatic carbocycles. The molecule has 26 heteroatoms. The molecule has 440 valence electrons. The lowest BCUT2D eigenvalue weighted by Crippen LogP contribution is -2.57. The number of hydrazine groups is 1. The molecule has 5 rings (SSSR count). The first-order chi connectivity index (χ1) is 38.9. The van der Waals surface area contributed by atoms with Gasteiger partial charge in [-0.05, 0) is 113 Å². The lowest BCUT2D eigenvalue weighted by molar-refractivity contribution is -0.138. The van der Waals surface area contributed by atoms with Gasteiger partial charge < -0.3 is 41.5 Å². The van der Waals surface area contributed by atoms with E-state index in [1.807, 2.05) is 44.2 Å². The van der Waals surface area contributed by atoms with Crippen LogP contribution < -0.4 is 48.2 Å². The minimum absolute atomic E-state index is 0.0409. The molecule has 3 aromatic carbocycles. The summed E-state index contributed by atoms with van der Waals surface area (Å²) in [7, 11) is -4.47. The summed E-state index contributed by atoms with van der Waals surface area (Å²) in [6, 6.07) is 19.7. The largest absolute Gasteiger partial charge is 0.444 e. The monoisotopic (exact) mass is 1150 g/mol. The second-order valence-electron chi connectivity index (χ2n) is 20.7. The van der Waals surface area contributed by atoms with Crippen molar-refractivity contribution in [2.45, 2.75) is 128 Å². The number of ether oxygens (including phenoxy) is 1. The van der Waals surface area contributed by atoms with Gasteiger partial charge in [-0.2, -0.15) is 13.5 Å². The summed E-state index contributed by atoms with van der Waals surface area (Å²) in [4.78, 5) is 124. The van der Waals surface area contributed by atoms with Crippen LogP contribution in [-0.2, 0) is 56.6 Å². The van der Waals surface area contributed by atoms with Crippen molar-refractivity contribution in [2.75, 3.05) is 25.1 Å². The zero-order chi connectivity index (χ0) is 60.0. The van der Waals surface area contributed by atoms with Gasteiger partial charge >= 0.3 is 6.09 Å². The van der Waals surface area contributed by atoms with Crippen LogP contribution in [0.4, 0.5) is 10.6 Å². The molecule has 0 unspecified atom stereocenters. The van der Waals surface area contributed by atoms with E-state index in [0.717, 1.165) is 5.56 Å². The second kappa shape index (κ2) is 30.7. The Morgan fingerprint density at radius 1 is 0.756 bits per heavy atom. The number of alkyl carbamates (subject to hydrolysis) is 1. The van der Waals surface area contributed by atoms with Crippen molar-refractivity contribution in [1.29, 1.82) is 0 Å². The number of rotatable bonds is 26. The smallest absolute Gasteiger partial charge is 0.407 e. The quantitative estimate of drug-likeness (QED) is 0.0187. The number of likely N-dealkylation sites (tertiary alicyclic amines) is 1. The van der Waals surface area contributed by atoms with E-state index < -0.39 is 93.9 Å². The molecule has 25 nitrogen and oxygen atoms in total. The predicted octanol–water partition coefficient (Wildman–Crippen LogP) is 3.03. The molecule has 1 aliphatic rings. The Labute approximate surface area is 476 Å². The number of aromatic nitrogens is 1. The van der Waals surface area contributed by atoms with Gasteiger partial charge in [0.15, 0.2) is 0 Å². The number of benzene rings is 3. The fraction of sp³-hybridized carbons (Fsp3) is 0.411. The Hall–Kier alpha value is -8.78. The number of pyridine rings is 1. The van der Waals surface area contributed by atoms with Gasteiger partial charge in [0.05, 0.1) is 18.3 Å². The molecule has 1 fully saturated rings. The molecule has 4 aromatic rings. The average molecular weight is 1150 g/mol. The van der Waals surface area contributed by atoms with Gasteiger partial charge in [-0.25, -0.2) is 9.78 Å². The summed E-state index contributed by atoms with van der Waals surface area (Å²) in [5, 5.41) is 20.0. The van der Waals surface area contributed by atoms with Crippen molar-refractivity contribution in [1.82, 2.24) is 52.6 Å². The Bertz CT molecular complexity index is 3030. The van der Waals surface area contributed by atoms with Crippen LogP contribution in [0.15, 0.2) is 107 Å². The van der Waals surface area contributed by atoms with Gasteiger partial charge in [0.25, 0.3) is 27.8 Å². The van der Waals surface area contributed by atoms with E-state index in [4.69, 9.17) is 4.74 Å². The third-order valence-corrected chi connectivity index (χ3v) is 13.4. The van der Waals surface area contributed by atoms with Gasteiger partial charge in [-0.1, -0.05) is 74.5 Å². The molecule has 2 heterocycles. The van der Waals surface area contributed by atoms with E-state index in [0.29, 0.717) is 31.4 Å². The van der Waals surface area contributed by atoms with Crippen LogP contribution in [0, 0.1) is 5.92 Å². The lowest BCUT2D eigenvalue weighted by atomic mass is 10.0. The van der Waals surface area contributed by atoms with E-state index in [9.17, 15) is 56.1 Å². The zero-order valence-corrected chi connectivity index (χ0v) is 47.4. The molecule has 1 aliphatic heterocycles. The summed E-state index contributed by atoms with van der Waals surface area (Å²) in [5.74, 6) is -4.79. The number of nitrogens with zero attached hydrogens (tertiary/aromatic N) is 3. The summed E-state index contributed by atoms with van der Waals surface area (Å²) in [5.41, 5.74) is 8.64. The number of hydrogen-bond donors (Lipinski definition) is 10. The number of hydrogen-bond acceptors (Lipinski definition) is 15. The molecule has 4 atom stereocenters. The van der Waals surface area contributed by atoms with Crippen LogP contribution in [0.2, 0.25) is 0 Å². The molecule has 9 amide bonds. The molecule has 82 heavy (non-hydrogen) atoms. The average Bonchev–Trinajstić information content (AvgIpc) is 4.12. The van der Waals surface area contributed by atoms with E-state index in [1.54, 1.807) is 39.0 Å². The third-order valence-electron chi connectivity index (χ3n) is 12.5. The van der Waals surface area contributed by atoms with Crippen molar-refractivity contribution in [3.63, 3.8) is 0 Å². The van der Waals surface area contributed by atoms with Crippen LogP contribution in [0.1, 0.15) is 117 Å². The molecule has 10 N–H and O–H groups in total. The van der Waals surface area contributed by atoms with Gasteiger partial charge in [-0.3, -0.25) is 59.2 Å². The van der Waals surface area contributed by atoms with Gasteiger partial charge in [-0.15, -0.1) is 0 Å². The minimum Gasteiger partial charge on any atom is -0.444 e. The van der Waals surface area contributed by atoms with E-state index in [2.05, 4.69) is 58.3 Å². The number of amides is 9. The summed E-state index contributed by atoms with van der Waals surface area (Å²) < 4.78 is 38.0. The Kier molecular flexibility index (Phi) is 24.0. The Morgan fingerprint density at radius 3 is 2.10 bits per heavy atom. The number of anilines is 1. The topological polar surface area (TPSA) is 354 Å². The summed E-state index contributed by atoms with van der Waals surface area (Å²) in [6.07, 6.45) is 3.65. The van der Waals surface area contributed by atoms with Crippen LogP contribution in [0.5, 0.6) is 0 Å². The van der Waals surface area contributed by atoms with Crippen LogP contribution in [0.25, 0.3) is 0 Å². The summed E-state index contributed by atoms with van der Waals surface area (Å²) >= 11 is 0. The van der Waals surface area contributed by atoms with Crippen molar-refractivity contribution in [2.24, 2.45) is 11.0 Å². The maximum absolute atomic E-state index is 14.1. The predicted molar refractivity (Wildman–Crippen MR) is 302 cm³/mol. The highest BCUT2D eigenvalue weighted by molar-refractivity contribution is 7.86. The normalized spacial score (nSPS) is 14.3. The molecule has 0 bridgehead atoms. The Morgan fingerprint density at radius 2 is 1.44 bits per heavy atom. The standard InChI is InChI=1S/C56H72N12O13S/c1-35(2)30-44(53(75)67-66-50(72)39-23-20-38(21-24-39)31-59-49(71)41-25-27-47(58-32-41)65-61-33-40-16-10-11-19-46(40)82(78,79)80)64-52(74)43(26-22-37-14-8-7-9-15-37)62-48(70)34-60-51(73)42(17-12-28-57-55(77)81-56(4,5)6)63-54(76)45-18-13-29-68(45)36(3)69/h7-11,14-16,19-21,23-25,27,32-33,35,42-45H,12-13,17-18,22,26,28-31,34H2,1-6H3,(H,57,77)(H,58,65)(H,59,71)(H,60,73)(H,62,70)(H,63,76)(H,64,74)(H,66,72)(H,67,75)(H,78,79,80)/t42-,43-,44-,45-/m0/s1. The highest BCUT2D eigenvalue weighted by atomic mass is 32.2. The second-order valence-corrected chi connectivity index (χ2v) is 22.1. The SMILES string of the molecule is CC(=O)N1CCC[C@H]1C(=O)N[C@@H](CCCNC(=O)OC(C)(C)C)C(=O)NCC(=O)N[C@@H](CCc1ccccc1)C(=O)N[C@@H](CC(C)C)C(=O)NNC(=O)c1ccc(CNC(=O)c2ccc(NN=Cc3ccccc3S(=O)(=O)O)nc2)cc1. The first kappa shape index (κ1) is 64.0. The van der Waals surface area contributed by atoms with E-state index in [1.165, 1.54) is 66.7 Å². The minimum atomic E-state index is -4.47. The van der Waals surface area contributed by atoms with Crippen LogP contribution in [-0.4, -0.2) is 132 Å². The van der Waals surface area contributed by atoms with Gasteiger partial charge in [0.2, 0.25) is 29.5 Å². The first-order valence-electron chi connectivity index (χ1n) is 26.6. The van der Waals surface area contributed by atoms with Crippen molar-refractivity contribution >= 4 is 75.5 Å². The van der Waals surface area contributed by atoms with Gasteiger partial charge in [0.1, 0.15) is 40.5 Å². The number of aryl methyl sites for hydroxylation is 1. The zero-order valence-electron chi connectivity index (χ0n) is 46.6. The fourth-order valence-electron chi connectivity index (χ4n) is 8.42. The maximum atomic E-state index is 14.1. The molecule has 0 radical (unpaired) electrons. The molecular formula is C56H72N12O13S. The van der Waals surface area contributed by atoms with Crippen molar-refractivity contribution in [3.8, 4) is 0 Å².